The standard InChI is InChI=1S/C29H41N3O4S/c1-22-12-10-17-27(20-22)32(37(4,35)36)19-11-18-28(33)31(21-25-14-9-8-13-23(25)2)24(3)29(34)30-26-15-6-5-7-16-26/h8-10,12-14,17,20,24,26H,5-7,11,15-16,18-19,21H2,1-4H3,(H,30,34). The summed E-state index contributed by atoms with van der Waals surface area (Å²) >= 11 is 0. The molecule has 1 fully saturated rings. The second kappa shape index (κ2) is 13.1. The molecule has 0 aliphatic heterocycles. The van der Waals surface area contributed by atoms with Crippen LogP contribution in [0.3, 0.4) is 0 Å². The summed E-state index contributed by atoms with van der Waals surface area (Å²) in [4.78, 5) is 28.3. The van der Waals surface area contributed by atoms with Crippen molar-refractivity contribution in [3.63, 3.8) is 0 Å². The molecule has 0 radical (unpaired) electrons. The van der Waals surface area contributed by atoms with Crippen LogP contribution in [0.2, 0.25) is 0 Å². The fourth-order valence-corrected chi connectivity index (χ4v) is 5.87. The number of anilines is 1. The fraction of sp³-hybridized carbons (Fsp3) is 0.517. The van der Waals surface area contributed by atoms with E-state index < -0.39 is 16.1 Å². The van der Waals surface area contributed by atoms with Crippen molar-refractivity contribution in [1.29, 1.82) is 0 Å². The molecule has 0 saturated heterocycles. The lowest BCUT2D eigenvalue weighted by molar-refractivity contribution is -0.141. The van der Waals surface area contributed by atoms with Gasteiger partial charge in [0.25, 0.3) is 0 Å². The Bertz CT molecular complexity index is 1180. The summed E-state index contributed by atoms with van der Waals surface area (Å²) in [6, 6.07) is 14.7. The summed E-state index contributed by atoms with van der Waals surface area (Å²) < 4.78 is 26.3. The Labute approximate surface area is 222 Å². The molecule has 2 aromatic rings. The topological polar surface area (TPSA) is 86.8 Å². The number of amides is 2. The van der Waals surface area contributed by atoms with Crippen LogP contribution < -0.4 is 9.62 Å². The van der Waals surface area contributed by atoms with E-state index in [9.17, 15) is 18.0 Å². The number of nitrogens with one attached hydrogen (secondary N) is 1. The lowest BCUT2D eigenvalue weighted by atomic mass is 9.95. The normalized spacial score (nSPS) is 15.1. The van der Waals surface area contributed by atoms with E-state index in [1.54, 1.807) is 17.9 Å². The number of aryl methyl sites for hydroxylation is 2. The fourth-order valence-electron chi connectivity index (χ4n) is 4.91. The van der Waals surface area contributed by atoms with Gasteiger partial charge in [-0.3, -0.25) is 13.9 Å². The van der Waals surface area contributed by atoms with E-state index in [0.29, 0.717) is 18.7 Å². The first-order valence-corrected chi connectivity index (χ1v) is 15.1. The van der Waals surface area contributed by atoms with Crippen molar-refractivity contribution in [1.82, 2.24) is 10.2 Å². The summed E-state index contributed by atoms with van der Waals surface area (Å²) in [5.74, 6) is -0.293. The number of benzene rings is 2. The van der Waals surface area contributed by atoms with Crippen molar-refractivity contribution in [2.75, 3.05) is 17.1 Å². The first kappa shape index (κ1) is 28.7. The molecule has 3 rings (SSSR count). The van der Waals surface area contributed by atoms with Crippen LogP contribution in [0.1, 0.15) is 68.6 Å². The molecular weight excluding hydrogens is 486 g/mol. The lowest BCUT2D eigenvalue weighted by Gasteiger charge is -2.32. The van der Waals surface area contributed by atoms with Gasteiger partial charge in [-0.1, -0.05) is 55.7 Å². The number of hydrogen-bond acceptors (Lipinski definition) is 4. The van der Waals surface area contributed by atoms with Crippen LogP contribution in [0.25, 0.3) is 0 Å². The van der Waals surface area contributed by atoms with Crippen LogP contribution in [0.4, 0.5) is 5.69 Å². The van der Waals surface area contributed by atoms with Gasteiger partial charge in [0.15, 0.2) is 0 Å². The molecule has 0 bridgehead atoms. The number of hydrogen-bond donors (Lipinski definition) is 1. The van der Waals surface area contributed by atoms with E-state index in [4.69, 9.17) is 0 Å². The summed E-state index contributed by atoms with van der Waals surface area (Å²) in [6.07, 6.45) is 7.05. The number of rotatable bonds is 11. The van der Waals surface area contributed by atoms with E-state index in [2.05, 4.69) is 5.32 Å². The van der Waals surface area contributed by atoms with Crippen molar-refractivity contribution in [2.45, 2.75) is 84.3 Å². The van der Waals surface area contributed by atoms with Crippen LogP contribution in [0.15, 0.2) is 48.5 Å². The van der Waals surface area contributed by atoms with E-state index in [-0.39, 0.29) is 30.8 Å². The van der Waals surface area contributed by atoms with Gasteiger partial charge in [-0.2, -0.15) is 0 Å². The monoisotopic (exact) mass is 527 g/mol. The van der Waals surface area contributed by atoms with Crippen LogP contribution in [0.5, 0.6) is 0 Å². The Morgan fingerprint density at radius 3 is 2.38 bits per heavy atom. The Morgan fingerprint density at radius 2 is 1.73 bits per heavy atom. The second-order valence-corrected chi connectivity index (χ2v) is 12.2. The van der Waals surface area contributed by atoms with Crippen LogP contribution >= 0.6 is 0 Å². The average molecular weight is 528 g/mol. The molecule has 1 unspecified atom stereocenters. The van der Waals surface area contributed by atoms with Gasteiger partial charge in [0.05, 0.1) is 11.9 Å². The molecule has 7 nitrogen and oxygen atoms in total. The van der Waals surface area contributed by atoms with Gasteiger partial charge < -0.3 is 10.2 Å². The lowest BCUT2D eigenvalue weighted by Crippen LogP contribution is -2.50. The molecule has 1 aliphatic carbocycles. The first-order chi connectivity index (χ1) is 17.6. The Morgan fingerprint density at radius 1 is 1.03 bits per heavy atom. The highest BCUT2D eigenvalue weighted by Gasteiger charge is 2.28. The van der Waals surface area contributed by atoms with Gasteiger partial charge in [-0.15, -0.1) is 0 Å². The number of carbonyl (C=O) groups excluding carboxylic acids is 2. The molecule has 2 amide bonds. The summed E-state index contributed by atoms with van der Waals surface area (Å²) in [5, 5.41) is 3.15. The molecular formula is C29H41N3O4S. The zero-order valence-electron chi connectivity index (χ0n) is 22.6. The van der Waals surface area contributed by atoms with E-state index >= 15 is 0 Å². The molecule has 0 spiro atoms. The zero-order valence-corrected chi connectivity index (χ0v) is 23.4. The number of sulfonamides is 1. The molecule has 202 valence electrons. The van der Waals surface area contributed by atoms with Gasteiger partial charge in [-0.05, 0) is 68.9 Å². The minimum atomic E-state index is -3.51. The third-order valence-corrected chi connectivity index (χ3v) is 8.36. The third-order valence-electron chi connectivity index (χ3n) is 7.16. The maximum atomic E-state index is 13.5. The predicted molar refractivity (Wildman–Crippen MR) is 149 cm³/mol. The highest BCUT2D eigenvalue weighted by atomic mass is 32.2. The molecule has 1 aliphatic rings. The zero-order chi connectivity index (χ0) is 27.0. The Balaban J connectivity index is 1.72. The SMILES string of the molecule is Cc1cccc(N(CCCC(=O)N(Cc2ccccc2C)C(C)C(=O)NC2CCCCC2)S(C)(=O)=O)c1. The van der Waals surface area contributed by atoms with Crippen molar-refractivity contribution in [3.05, 3.63) is 65.2 Å². The average Bonchev–Trinajstić information content (AvgIpc) is 2.85. The van der Waals surface area contributed by atoms with Crippen molar-refractivity contribution in [2.24, 2.45) is 0 Å². The second-order valence-electron chi connectivity index (χ2n) is 10.2. The summed E-state index contributed by atoms with van der Waals surface area (Å²) in [7, 11) is -3.51. The molecule has 2 aromatic carbocycles. The van der Waals surface area contributed by atoms with Gasteiger partial charge in [0.1, 0.15) is 6.04 Å². The molecule has 0 aromatic heterocycles. The molecule has 0 heterocycles. The highest BCUT2D eigenvalue weighted by Crippen LogP contribution is 2.21. The highest BCUT2D eigenvalue weighted by molar-refractivity contribution is 7.92. The van der Waals surface area contributed by atoms with Crippen LogP contribution in [-0.4, -0.2) is 50.0 Å². The Kier molecular flexibility index (Phi) is 10.1. The maximum absolute atomic E-state index is 13.5. The number of nitrogens with zero attached hydrogens (tertiary/aromatic N) is 2. The minimum Gasteiger partial charge on any atom is -0.352 e. The van der Waals surface area contributed by atoms with E-state index in [1.165, 1.54) is 17.0 Å². The third kappa shape index (κ3) is 8.32. The molecule has 1 saturated carbocycles. The number of carbonyl (C=O) groups is 2. The van der Waals surface area contributed by atoms with E-state index in [0.717, 1.165) is 42.4 Å². The van der Waals surface area contributed by atoms with Gasteiger partial charge in [-0.25, -0.2) is 8.42 Å². The Hall–Kier alpha value is -2.87. The van der Waals surface area contributed by atoms with Crippen LogP contribution in [-0.2, 0) is 26.2 Å². The molecule has 8 heteroatoms. The smallest absolute Gasteiger partial charge is 0.242 e. The molecule has 1 atom stereocenters. The summed E-state index contributed by atoms with van der Waals surface area (Å²) in [6.45, 7) is 6.21. The molecule has 1 N–H and O–H groups in total. The first-order valence-electron chi connectivity index (χ1n) is 13.2. The van der Waals surface area contributed by atoms with Crippen molar-refractivity contribution >= 4 is 27.5 Å². The largest absolute Gasteiger partial charge is 0.352 e. The van der Waals surface area contributed by atoms with E-state index in [1.807, 2.05) is 56.3 Å². The molecule has 37 heavy (non-hydrogen) atoms. The van der Waals surface area contributed by atoms with Crippen molar-refractivity contribution in [3.8, 4) is 0 Å². The van der Waals surface area contributed by atoms with Crippen LogP contribution in [0, 0.1) is 13.8 Å². The van der Waals surface area contributed by atoms with Gasteiger partial charge >= 0.3 is 0 Å². The van der Waals surface area contributed by atoms with Gasteiger partial charge in [0.2, 0.25) is 21.8 Å². The van der Waals surface area contributed by atoms with Crippen molar-refractivity contribution < 1.29 is 18.0 Å². The minimum absolute atomic E-state index is 0.133. The maximum Gasteiger partial charge on any atom is 0.242 e. The quantitative estimate of drug-likeness (QED) is 0.458. The van der Waals surface area contributed by atoms with Gasteiger partial charge in [0, 0.05) is 25.6 Å². The predicted octanol–water partition coefficient (Wildman–Crippen LogP) is 4.72. The summed E-state index contributed by atoms with van der Waals surface area (Å²) in [5.41, 5.74) is 3.60.